The van der Waals surface area contributed by atoms with Crippen LogP contribution >= 0.6 is 0 Å². The number of nitrogens with one attached hydrogen (secondary N) is 2. The number of rotatable bonds is 8. The second-order valence-electron chi connectivity index (χ2n) is 4.21. The first-order chi connectivity index (χ1) is 7.64. The van der Waals surface area contributed by atoms with E-state index < -0.39 is 10.0 Å². The van der Waals surface area contributed by atoms with E-state index in [1.54, 1.807) is 0 Å². The molecule has 0 aromatic rings. The van der Waals surface area contributed by atoms with Gasteiger partial charge in [-0.2, -0.15) is 0 Å². The fraction of sp³-hybridized carbons (Fsp3) is 1.00. The van der Waals surface area contributed by atoms with Crippen LogP contribution in [0, 0.1) is 5.92 Å². The molecule has 0 aromatic heterocycles. The van der Waals surface area contributed by atoms with Gasteiger partial charge in [0.05, 0.1) is 12.4 Å². The molecule has 1 aliphatic heterocycles. The molecule has 1 aliphatic rings. The molecule has 0 radical (unpaired) electrons. The van der Waals surface area contributed by atoms with E-state index in [-0.39, 0.29) is 5.75 Å². The van der Waals surface area contributed by atoms with Gasteiger partial charge in [0.25, 0.3) is 0 Å². The SMILES string of the molecule is CNCCCCS(=O)(=O)NCC1CCOC1. The molecule has 1 unspecified atom stereocenters. The largest absolute Gasteiger partial charge is 0.381 e. The van der Waals surface area contributed by atoms with Crippen LogP contribution in [0.1, 0.15) is 19.3 Å². The lowest BCUT2D eigenvalue weighted by atomic mass is 10.1. The van der Waals surface area contributed by atoms with E-state index in [1.807, 2.05) is 7.05 Å². The van der Waals surface area contributed by atoms with Crippen molar-refractivity contribution in [2.75, 3.05) is 39.1 Å². The molecule has 0 aromatic carbocycles. The van der Waals surface area contributed by atoms with E-state index in [0.29, 0.717) is 25.5 Å². The summed E-state index contributed by atoms with van der Waals surface area (Å²) in [4.78, 5) is 0. The number of unbranched alkanes of at least 4 members (excludes halogenated alkanes) is 1. The van der Waals surface area contributed by atoms with E-state index in [4.69, 9.17) is 4.74 Å². The maximum Gasteiger partial charge on any atom is 0.211 e. The maximum atomic E-state index is 11.6. The van der Waals surface area contributed by atoms with Gasteiger partial charge in [0.1, 0.15) is 0 Å². The third-order valence-corrected chi connectivity index (χ3v) is 4.14. The average molecular weight is 250 g/mol. The van der Waals surface area contributed by atoms with E-state index in [2.05, 4.69) is 10.0 Å². The molecule has 0 spiro atoms. The molecule has 1 atom stereocenters. The quantitative estimate of drug-likeness (QED) is 0.592. The van der Waals surface area contributed by atoms with Gasteiger partial charge in [0.15, 0.2) is 0 Å². The van der Waals surface area contributed by atoms with Crippen LogP contribution in [0.4, 0.5) is 0 Å². The Hall–Kier alpha value is -0.170. The van der Waals surface area contributed by atoms with Crippen LogP contribution in [0.5, 0.6) is 0 Å². The van der Waals surface area contributed by atoms with Gasteiger partial charge in [-0.3, -0.25) is 0 Å². The lowest BCUT2D eigenvalue weighted by molar-refractivity contribution is 0.186. The summed E-state index contributed by atoms with van der Waals surface area (Å²) >= 11 is 0. The monoisotopic (exact) mass is 250 g/mol. The molecule has 1 saturated heterocycles. The highest BCUT2D eigenvalue weighted by Gasteiger charge is 2.18. The summed E-state index contributed by atoms with van der Waals surface area (Å²) in [6, 6.07) is 0. The van der Waals surface area contributed by atoms with Crippen molar-refractivity contribution in [3.63, 3.8) is 0 Å². The molecule has 5 nitrogen and oxygen atoms in total. The van der Waals surface area contributed by atoms with Gasteiger partial charge in [0, 0.05) is 13.2 Å². The third-order valence-electron chi connectivity index (χ3n) is 2.71. The van der Waals surface area contributed by atoms with E-state index in [9.17, 15) is 8.42 Å². The Morgan fingerprint density at radius 1 is 1.38 bits per heavy atom. The van der Waals surface area contributed by atoms with Gasteiger partial charge in [-0.25, -0.2) is 13.1 Å². The summed E-state index contributed by atoms with van der Waals surface area (Å²) in [7, 11) is -1.21. The van der Waals surface area contributed by atoms with E-state index in [0.717, 1.165) is 26.0 Å². The summed E-state index contributed by atoms with van der Waals surface area (Å²) in [5.74, 6) is 0.578. The van der Waals surface area contributed by atoms with Crippen molar-refractivity contribution in [2.24, 2.45) is 5.92 Å². The van der Waals surface area contributed by atoms with Crippen LogP contribution in [0.3, 0.4) is 0 Å². The highest BCUT2D eigenvalue weighted by atomic mass is 32.2. The van der Waals surface area contributed by atoms with Gasteiger partial charge in [-0.05, 0) is 38.8 Å². The summed E-state index contributed by atoms with van der Waals surface area (Å²) in [5, 5.41) is 3.00. The predicted molar refractivity (Wildman–Crippen MR) is 63.9 cm³/mol. The topological polar surface area (TPSA) is 67.4 Å². The average Bonchev–Trinajstić information content (AvgIpc) is 2.75. The van der Waals surface area contributed by atoms with Crippen molar-refractivity contribution < 1.29 is 13.2 Å². The van der Waals surface area contributed by atoms with Crippen LogP contribution in [-0.2, 0) is 14.8 Å². The standard InChI is InChI=1S/C10H22N2O3S/c1-11-5-2-3-7-16(13,14)12-8-10-4-6-15-9-10/h10-12H,2-9H2,1H3. The molecule has 96 valence electrons. The van der Waals surface area contributed by atoms with Crippen LogP contribution in [0.25, 0.3) is 0 Å². The van der Waals surface area contributed by atoms with E-state index >= 15 is 0 Å². The molecule has 1 rings (SSSR count). The molecule has 0 aliphatic carbocycles. The summed E-state index contributed by atoms with van der Waals surface area (Å²) in [6.07, 6.45) is 2.56. The zero-order valence-electron chi connectivity index (χ0n) is 9.87. The lowest BCUT2D eigenvalue weighted by Crippen LogP contribution is -2.31. The van der Waals surface area contributed by atoms with Crippen LogP contribution in [0.15, 0.2) is 0 Å². The first-order valence-corrected chi connectivity index (χ1v) is 7.49. The fourth-order valence-electron chi connectivity index (χ4n) is 1.66. The summed E-state index contributed by atoms with van der Waals surface area (Å²) in [5.41, 5.74) is 0. The predicted octanol–water partition coefficient (Wildman–Crippen LogP) is -0.0581. The van der Waals surface area contributed by atoms with Crippen LogP contribution in [0.2, 0.25) is 0 Å². The maximum absolute atomic E-state index is 11.6. The van der Waals surface area contributed by atoms with Crippen LogP contribution in [-0.4, -0.2) is 47.5 Å². The van der Waals surface area contributed by atoms with Crippen molar-refractivity contribution in [1.29, 1.82) is 0 Å². The second kappa shape index (κ2) is 7.21. The highest BCUT2D eigenvalue weighted by molar-refractivity contribution is 7.89. The van der Waals surface area contributed by atoms with Crippen molar-refractivity contribution in [2.45, 2.75) is 19.3 Å². The zero-order chi connectivity index (χ0) is 11.9. The minimum absolute atomic E-state index is 0.224. The molecule has 0 amide bonds. The Labute approximate surface area is 98.0 Å². The number of hydrogen-bond donors (Lipinski definition) is 2. The normalized spacial score (nSPS) is 21.4. The van der Waals surface area contributed by atoms with Gasteiger partial charge in [-0.1, -0.05) is 0 Å². The molecule has 16 heavy (non-hydrogen) atoms. The molecule has 6 heteroatoms. The first-order valence-electron chi connectivity index (χ1n) is 5.84. The second-order valence-corrected chi connectivity index (χ2v) is 6.13. The summed E-state index contributed by atoms with van der Waals surface area (Å²) in [6.45, 7) is 2.83. The van der Waals surface area contributed by atoms with Crippen molar-refractivity contribution in [1.82, 2.24) is 10.0 Å². The van der Waals surface area contributed by atoms with Gasteiger partial charge < -0.3 is 10.1 Å². The highest BCUT2D eigenvalue weighted by Crippen LogP contribution is 2.11. The Bertz CT molecular complexity index is 274. The molecule has 0 bridgehead atoms. The Morgan fingerprint density at radius 2 is 2.19 bits per heavy atom. The molecular weight excluding hydrogens is 228 g/mol. The Balaban J connectivity index is 2.12. The molecule has 1 heterocycles. The Morgan fingerprint density at radius 3 is 2.81 bits per heavy atom. The summed E-state index contributed by atoms with van der Waals surface area (Å²) < 4.78 is 31.0. The molecular formula is C10H22N2O3S. The smallest absolute Gasteiger partial charge is 0.211 e. The minimum Gasteiger partial charge on any atom is -0.381 e. The fourth-order valence-corrected chi connectivity index (χ4v) is 2.87. The van der Waals surface area contributed by atoms with Gasteiger partial charge >= 0.3 is 0 Å². The minimum atomic E-state index is -3.08. The molecule has 1 fully saturated rings. The zero-order valence-corrected chi connectivity index (χ0v) is 10.7. The van der Waals surface area contributed by atoms with Crippen LogP contribution < -0.4 is 10.0 Å². The number of ether oxygens (including phenoxy) is 1. The van der Waals surface area contributed by atoms with Gasteiger partial charge in [-0.15, -0.1) is 0 Å². The first kappa shape index (κ1) is 13.9. The number of sulfonamides is 1. The molecule has 2 N–H and O–H groups in total. The Kier molecular flexibility index (Phi) is 6.26. The molecule has 0 saturated carbocycles. The number of hydrogen-bond acceptors (Lipinski definition) is 4. The van der Waals surface area contributed by atoms with Crippen molar-refractivity contribution in [3.05, 3.63) is 0 Å². The van der Waals surface area contributed by atoms with E-state index in [1.165, 1.54) is 0 Å². The van der Waals surface area contributed by atoms with Gasteiger partial charge in [0.2, 0.25) is 10.0 Å². The lowest BCUT2D eigenvalue weighted by Gasteiger charge is -2.10. The third kappa shape index (κ3) is 5.79. The van der Waals surface area contributed by atoms with Crippen molar-refractivity contribution >= 4 is 10.0 Å². The van der Waals surface area contributed by atoms with Crippen molar-refractivity contribution in [3.8, 4) is 0 Å².